The van der Waals surface area contributed by atoms with Crippen LogP contribution in [0.1, 0.15) is 23.0 Å². The number of benzene rings is 1. The minimum Gasteiger partial charge on any atom is -0.450 e. The fraction of sp³-hybridized carbons (Fsp3) is 0.312. The fourth-order valence-corrected chi connectivity index (χ4v) is 2.82. The van der Waals surface area contributed by atoms with Gasteiger partial charge in [0.2, 0.25) is 0 Å². The predicted octanol–water partition coefficient (Wildman–Crippen LogP) is 2.59. The van der Waals surface area contributed by atoms with Gasteiger partial charge in [0.15, 0.2) is 0 Å². The van der Waals surface area contributed by atoms with E-state index in [1.807, 2.05) is 31.2 Å². The van der Waals surface area contributed by atoms with Crippen molar-refractivity contribution in [3.8, 4) is 10.6 Å². The number of carbonyl (C=O) groups excluding carboxylic acids is 2. The predicted molar refractivity (Wildman–Crippen MR) is 89.6 cm³/mol. The molecular formula is C16H19N3O3S. The maximum atomic E-state index is 12.0. The highest BCUT2D eigenvalue weighted by Gasteiger charge is 2.12. The molecule has 23 heavy (non-hydrogen) atoms. The van der Waals surface area contributed by atoms with Crippen molar-refractivity contribution in [2.75, 3.05) is 19.7 Å². The number of aryl methyl sites for hydroxylation is 1. The topological polar surface area (TPSA) is 80.3 Å². The lowest BCUT2D eigenvalue weighted by atomic mass is 10.1. The number of nitrogens with one attached hydrogen (secondary N) is 2. The molecule has 0 radical (unpaired) electrons. The van der Waals surface area contributed by atoms with Crippen LogP contribution in [-0.4, -0.2) is 36.7 Å². The molecular weight excluding hydrogens is 314 g/mol. The highest BCUT2D eigenvalue weighted by molar-refractivity contribution is 7.13. The summed E-state index contributed by atoms with van der Waals surface area (Å²) >= 11 is 1.43. The Bertz CT molecular complexity index is 685. The lowest BCUT2D eigenvalue weighted by molar-refractivity contribution is 0.0948. The molecule has 1 aromatic carbocycles. The Kier molecular flexibility index (Phi) is 6.10. The monoisotopic (exact) mass is 333 g/mol. The van der Waals surface area contributed by atoms with Gasteiger partial charge in [-0.3, -0.25) is 4.79 Å². The van der Waals surface area contributed by atoms with E-state index >= 15 is 0 Å². The maximum absolute atomic E-state index is 12.0. The van der Waals surface area contributed by atoms with E-state index in [0.717, 1.165) is 16.1 Å². The van der Waals surface area contributed by atoms with Crippen molar-refractivity contribution in [2.45, 2.75) is 13.8 Å². The second-order valence-corrected chi connectivity index (χ2v) is 5.61. The SMILES string of the molecule is CCOC(=O)NCCNC(=O)c1csc(-c2ccccc2C)n1. The van der Waals surface area contributed by atoms with Crippen LogP contribution in [0.2, 0.25) is 0 Å². The first-order valence-electron chi connectivity index (χ1n) is 7.32. The minimum atomic E-state index is -0.489. The molecule has 0 fully saturated rings. The van der Waals surface area contributed by atoms with Crippen molar-refractivity contribution in [1.29, 1.82) is 0 Å². The van der Waals surface area contributed by atoms with E-state index in [1.165, 1.54) is 11.3 Å². The molecule has 2 rings (SSSR count). The van der Waals surface area contributed by atoms with Crippen LogP contribution >= 0.6 is 11.3 Å². The van der Waals surface area contributed by atoms with Crippen molar-refractivity contribution in [2.24, 2.45) is 0 Å². The van der Waals surface area contributed by atoms with Gasteiger partial charge in [-0.2, -0.15) is 0 Å². The summed E-state index contributed by atoms with van der Waals surface area (Å²) in [4.78, 5) is 27.5. The molecule has 0 aliphatic heterocycles. The third kappa shape index (κ3) is 4.79. The average Bonchev–Trinajstić information content (AvgIpc) is 3.02. The number of amides is 2. The fourth-order valence-electron chi connectivity index (χ4n) is 1.93. The first-order valence-corrected chi connectivity index (χ1v) is 8.20. The van der Waals surface area contributed by atoms with E-state index in [-0.39, 0.29) is 5.91 Å². The number of rotatable bonds is 6. The van der Waals surface area contributed by atoms with Crippen LogP contribution < -0.4 is 10.6 Å². The molecule has 1 heterocycles. The highest BCUT2D eigenvalue weighted by Crippen LogP contribution is 2.26. The molecule has 0 saturated carbocycles. The number of ether oxygens (including phenoxy) is 1. The third-order valence-corrected chi connectivity index (χ3v) is 3.94. The Morgan fingerprint density at radius 2 is 1.96 bits per heavy atom. The van der Waals surface area contributed by atoms with E-state index in [9.17, 15) is 9.59 Å². The van der Waals surface area contributed by atoms with Crippen molar-refractivity contribution in [1.82, 2.24) is 15.6 Å². The molecule has 0 spiro atoms. The molecule has 6 nitrogen and oxygen atoms in total. The summed E-state index contributed by atoms with van der Waals surface area (Å²) in [7, 11) is 0. The Morgan fingerprint density at radius 3 is 2.70 bits per heavy atom. The lowest BCUT2D eigenvalue weighted by Gasteiger charge is -2.05. The van der Waals surface area contributed by atoms with Crippen LogP contribution in [-0.2, 0) is 4.74 Å². The summed E-state index contributed by atoms with van der Waals surface area (Å²) in [6.45, 7) is 4.68. The summed E-state index contributed by atoms with van der Waals surface area (Å²) in [6, 6.07) is 7.91. The van der Waals surface area contributed by atoms with Gasteiger partial charge in [0.25, 0.3) is 5.91 Å². The summed E-state index contributed by atoms with van der Waals surface area (Å²) < 4.78 is 4.72. The van der Waals surface area contributed by atoms with Crippen molar-refractivity contribution in [3.05, 3.63) is 40.9 Å². The minimum absolute atomic E-state index is 0.258. The molecule has 2 N–H and O–H groups in total. The van der Waals surface area contributed by atoms with Crippen LogP contribution in [0.15, 0.2) is 29.6 Å². The van der Waals surface area contributed by atoms with Gasteiger partial charge in [-0.15, -0.1) is 11.3 Å². The molecule has 7 heteroatoms. The molecule has 1 aromatic heterocycles. The normalized spacial score (nSPS) is 10.2. The molecule has 0 saturated heterocycles. The van der Waals surface area contributed by atoms with Crippen molar-refractivity contribution >= 4 is 23.3 Å². The van der Waals surface area contributed by atoms with E-state index in [1.54, 1.807) is 12.3 Å². The van der Waals surface area contributed by atoms with Gasteiger partial charge in [0, 0.05) is 24.0 Å². The number of nitrogens with zero attached hydrogens (tertiary/aromatic N) is 1. The Hall–Kier alpha value is -2.41. The van der Waals surface area contributed by atoms with Gasteiger partial charge in [0.05, 0.1) is 6.61 Å². The Balaban J connectivity index is 1.87. The summed E-state index contributed by atoms with van der Waals surface area (Å²) in [5, 5.41) is 7.80. The highest BCUT2D eigenvalue weighted by atomic mass is 32.1. The lowest BCUT2D eigenvalue weighted by Crippen LogP contribution is -2.35. The van der Waals surface area contributed by atoms with Crippen LogP contribution in [0, 0.1) is 6.92 Å². The standard InChI is InChI=1S/C16H19N3O3S/c1-3-22-16(21)18-9-8-17-14(20)13-10-23-15(19-13)12-7-5-4-6-11(12)2/h4-7,10H,3,8-9H2,1-2H3,(H,17,20)(H,18,21). The zero-order chi connectivity index (χ0) is 16.7. The van der Waals surface area contributed by atoms with Crippen molar-refractivity contribution < 1.29 is 14.3 Å². The zero-order valence-electron chi connectivity index (χ0n) is 13.1. The number of hydrogen-bond donors (Lipinski definition) is 2. The summed E-state index contributed by atoms with van der Waals surface area (Å²) in [6.07, 6.45) is -0.489. The number of aromatic nitrogens is 1. The molecule has 0 aliphatic carbocycles. The molecule has 0 atom stereocenters. The Morgan fingerprint density at radius 1 is 1.22 bits per heavy atom. The number of hydrogen-bond acceptors (Lipinski definition) is 5. The van der Waals surface area contributed by atoms with Gasteiger partial charge in [0.1, 0.15) is 10.7 Å². The molecule has 2 aromatic rings. The zero-order valence-corrected chi connectivity index (χ0v) is 13.9. The van der Waals surface area contributed by atoms with Crippen LogP contribution in [0.4, 0.5) is 4.79 Å². The van der Waals surface area contributed by atoms with Crippen molar-refractivity contribution in [3.63, 3.8) is 0 Å². The van der Waals surface area contributed by atoms with Crippen LogP contribution in [0.5, 0.6) is 0 Å². The average molecular weight is 333 g/mol. The van der Waals surface area contributed by atoms with Crippen LogP contribution in [0.25, 0.3) is 10.6 Å². The molecule has 2 amide bonds. The van der Waals surface area contributed by atoms with Crippen LogP contribution in [0.3, 0.4) is 0 Å². The van der Waals surface area contributed by atoms with Gasteiger partial charge in [-0.1, -0.05) is 24.3 Å². The molecule has 0 unspecified atom stereocenters. The van der Waals surface area contributed by atoms with E-state index in [4.69, 9.17) is 4.74 Å². The first kappa shape index (κ1) is 17.0. The summed E-state index contributed by atoms with van der Waals surface area (Å²) in [5.41, 5.74) is 2.53. The summed E-state index contributed by atoms with van der Waals surface area (Å²) in [5.74, 6) is -0.258. The smallest absolute Gasteiger partial charge is 0.407 e. The van der Waals surface area contributed by atoms with Gasteiger partial charge in [-0.05, 0) is 19.4 Å². The molecule has 0 aliphatic rings. The Labute approximate surface area is 138 Å². The largest absolute Gasteiger partial charge is 0.450 e. The quantitative estimate of drug-likeness (QED) is 0.796. The third-order valence-electron chi connectivity index (χ3n) is 3.07. The number of thiazole rings is 1. The van der Waals surface area contributed by atoms with E-state index < -0.39 is 6.09 Å². The second-order valence-electron chi connectivity index (χ2n) is 4.76. The number of alkyl carbamates (subject to hydrolysis) is 1. The maximum Gasteiger partial charge on any atom is 0.407 e. The van der Waals surface area contributed by atoms with Gasteiger partial charge in [-0.25, -0.2) is 9.78 Å². The van der Waals surface area contributed by atoms with Gasteiger partial charge >= 0.3 is 6.09 Å². The van der Waals surface area contributed by atoms with E-state index in [2.05, 4.69) is 15.6 Å². The second kappa shape index (κ2) is 8.28. The van der Waals surface area contributed by atoms with E-state index in [0.29, 0.717) is 25.4 Å². The number of carbonyl (C=O) groups is 2. The molecule has 122 valence electrons. The molecule has 0 bridgehead atoms. The van der Waals surface area contributed by atoms with Gasteiger partial charge < -0.3 is 15.4 Å². The first-order chi connectivity index (χ1) is 11.1.